The number of phenols is 2. The van der Waals surface area contributed by atoms with Gasteiger partial charge in [-0.3, -0.25) is 0 Å². The number of fused-ring (bicyclic) bond motifs is 1. The molecule has 5 N–H and O–H groups in total. The van der Waals surface area contributed by atoms with Gasteiger partial charge in [-0.2, -0.15) is 0 Å². The van der Waals surface area contributed by atoms with Crippen molar-refractivity contribution >= 4 is 34.1 Å². The predicted molar refractivity (Wildman–Crippen MR) is 88.9 cm³/mol. The van der Waals surface area contributed by atoms with Crippen LogP contribution in [-0.2, 0) is 6.54 Å². The van der Waals surface area contributed by atoms with E-state index in [4.69, 9.17) is 12.2 Å². The normalized spacial score (nSPS) is 10.5. The van der Waals surface area contributed by atoms with Gasteiger partial charge in [0, 0.05) is 12.2 Å². The van der Waals surface area contributed by atoms with E-state index in [0.717, 1.165) is 22.3 Å². The second-order valence-corrected chi connectivity index (χ2v) is 5.17. The Hall–Kier alpha value is -2.80. The highest BCUT2D eigenvalue weighted by Gasteiger charge is 2.03. The molecular formula is C15H14N4O2S. The molecule has 0 fully saturated rings. The largest absolute Gasteiger partial charge is 0.504 e. The Morgan fingerprint density at radius 2 is 2.00 bits per heavy atom. The number of thiocarbonyl (C=S) groups is 1. The minimum atomic E-state index is -0.150. The lowest BCUT2D eigenvalue weighted by atomic mass is 10.2. The number of anilines is 1. The van der Waals surface area contributed by atoms with Crippen molar-refractivity contribution < 1.29 is 10.2 Å². The first-order chi connectivity index (χ1) is 10.6. The van der Waals surface area contributed by atoms with Gasteiger partial charge in [0.05, 0.1) is 17.4 Å². The Kier molecular flexibility index (Phi) is 3.80. The van der Waals surface area contributed by atoms with Crippen LogP contribution in [0.2, 0.25) is 0 Å². The molecule has 1 aromatic heterocycles. The minimum absolute atomic E-state index is 0.141. The van der Waals surface area contributed by atoms with Crippen LogP contribution in [0.25, 0.3) is 11.0 Å². The maximum atomic E-state index is 9.45. The van der Waals surface area contributed by atoms with Crippen LogP contribution >= 0.6 is 12.2 Å². The average molecular weight is 314 g/mol. The van der Waals surface area contributed by atoms with E-state index >= 15 is 0 Å². The molecule has 112 valence electrons. The fraction of sp³-hybridized carbons (Fsp3) is 0.0667. The number of aromatic nitrogens is 2. The van der Waals surface area contributed by atoms with Crippen LogP contribution in [0.4, 0.5) is 5.69 Å². The second-order valence-electron chi connectivity index (χ2n) is 4.77. The van der Waals surface area contributed by atoms with E-state index in [1.165, 1.54) is 12.1 Å². The van der Waals surface area contributed by atoms with Crippen molar-refractivity contribution in [3.63, 3.8) is 0 Å². The van der Waals surface area contributed by atoms with Gasteiger partial charge < -0.3 is 25.8 Å². The van der Waals surface area contributed by atoms with Crippen LogP contribution in [0.3, 0.4) is 0 Å². The molecule has 6 nitrogen and oxygen atoms in total. The molecule has 0 unspecified atom stereocenters. The molecule has 0 saturated carbocycles. The van der Waals surface area contributed by atoms with Crippen molar-refractivity contribution in [3.05, 3.63) is 48.3 Å². The maximum absolute atomic E-state index is 9.45. The van der Waals surface area contributed by atoms with Crippen LogP contribution in [0.5, 0.6) is 11.5 Å². The van der Waals surface area contributed by atoms with Gasteiger partial charge in [-0.15, -0.1) is 0 Å². The monoisotopic (exact) mass is 314 g/mol. The zero-order valence-corrected chi connectivity index (χ0v) is 12.3. The van der Waals surface area contributed by atoms with Gasteiger partial charge in [0.2, 0.25) is 0 Å². The summed E-state index contributed by atoms with van der Waals surface area (Å²) in [6.07, 6.45) is 1.64. The fourth-order valence-corrected chi connectivity index (χ4v) is 2.24. The van der Waals surface area contributed by atoms with E-state index in [9.17, 15) is 10.2 Å². The molecule has 0 atom stereocenters. The van der Waals surface area contributed by atoms with Crippen LogP contribution in [-0.4, -0.2) is 25.3 Å². The smallest absolute Gasteiger partial charge is 0.171 e. The summed E-state index contributed by atoms with van der Waals surface area (Å²) in [5.41, 5.74) is 3.48. The van der Waals surface area contributed by atoms with Crippen molar-refractivity contribution in [2.45, 2.75) is 6.54 Å². The molecule has 0 amide bonds. The second kappa shape index (κ2) is 5.90. The van der Waals surface area contributed by atoms with Gasteiger partial charge in [0.1, 0.15) is 0 Å². The van der Waals surface area contributed by atoms with E-state index in [2.05, 4.69) is 20.6 Å². The van der Waals surface area contributed by atoms with Crippen molar-refractivity contribution in [2.75, 3.05) is 5.32 Å². The lowest BCUT2D eigenvalue weighted by Gasteiger charge is -2.11. The quantitative estimate of drug-likeness (QED) is 0.377. The van der Waals surface area contributed by atoms with Crippen LogP contribution in [0.15, 0.2) is 42.7 Å². The first kappa shape index (κ1) is 14.2. The lowest BCUT2D eigenvalue weighted by Crippen LogP contribution is -2.27. The Labute approximate surface area is 131 Å². The number of H-pyrrole nitrogens is 1. The molecule has 7 heteroatoms. The molecule has 0 radical (unpaired) electrons. The number of benzene rings is 2. The van der Waals surface area contributed by atoms with Crippen LogP contribution in [0, 0.1) is 0 Å². The third kappa shape index (κ3) is 3.09. The lowest BCUT2D eigenvalue weighted by molar-refractivity contribution is 0.403. The zero-order chi connectivity index (χ0) is 15.5. The Morgan fingerprint density at radius 1 is 1.14 bits per heavy atom. The summed E-state index contributed by atoms with van der Waals surface area (Å²) in [7, 11) is 0. The highest BCUT2D eigenvalue weighted by molar-refractivity contribution is 7.80. The molecule has 0 spiro atoms. The fourth-order valence-electron chi connectivity index (χ4n) is 2.05. The molecular weight excluding hydrogens is 300 g/mol. The summed E-state index contributed by atoms with van der Waals surface area (Å²) < 4.78 is 0. The van der Waals surface area contributed by atoms with Crippen molar-refractivity contribution in [3.8, 4) is 11.5 Å². The molecule has 2 aromatic carbocycles. The van der Waals surface area contributed by atoms with Crippen LogP contribution < -0.4 is 10.6 Å². The van der Waals surface area contributed by atoms with Crippen molar-refractivity contribution in [1.29, 1.82) is 0 Å². The summed E-state index contributed by atoms with van der Waals surface area (Å²) in [5, 5.41) is 25.3. The molecule has 0 aliphatic heterocycles. The number of imidazole rings is 1. The standard InChI is InChI=1S/C15H14N4O2S/c20-13-4-1-9(5-14(13)21)7-16-15(22)19-10-2-3-11-12(6-10)18-8-17-11/h1-6,8,20-21H,7H2,(H,17,18)(H2,16,19,22). The first-order valence-corrected chi connectivity index (χ1v) is 7.01. The zero-order valence-electron chi connectivity index (χ0n) is 11.5. The molecule has 0 aliphatic carbocycles. The minimum Gasteiger partial charge on any atom is -0.504 e. The summed E-state index contributed by atoms with van der Waals surface area (Å²) >= 11 is 5.24. The number of aromatic hydroxyl groups is 2. The summed E-state index contributed by atoms with van der Waals surface area (Å²) in [4.78, 5) is 7.19. The topological polar surface area (TPSA) is 93.2 Å². The van der Waals surface area contributed by atoms with Gasteiger partial charge >= 0.3 is 0 Å². The molecule has 0 saturated heterocycles. The maximum Gasteiger partial charge on any atom is 0.171 e. The molecule has 3 aromatic rings. The Balaban J connectivity index is 1.60. The highest BCUT2D eigenvalue weighted by atomic mass is 32.1. The van der Waals surface area contributed by atoms with Crippen molar-refractivity contribution in [2.24, 2.45) is 0 Å². The van der Waals surface area contributed by atoms with Gasteiger partial charge in [0.15, 0.2) is 16.6 Å². The molecule has 3 rings (SSSR count). The number of hydrogen-bond acceptors (Lipinski definition) is 4. The number of phenolic OH excluding ortho intramolecular Hbond substituents is 2. The van der Waals surface area contributed by atoms with E-state index < -0.39 is 0 Å². The van der Waals surface area contributed by atoms with Crippen molar-refractivity contribution in [1.82, 2.24) is 15.3 Å². The molecule has 0 aliphatic rings. The van der Waals surface area contributed by atoms with Gasteiger partial charge in [0.25, 0.3) is 0 Å². The van der Waals surface area contributed by atoms with Crippen LogP contribution in [0.1, 0.15) is 5.56 Å². The molecule has 1 heterocycles. The summed E-state index contributed by atoms with van der Waals surface area (Å²) in [6, 6.07) is 10.3. The number of hydrogen-bond donors (Lipinski definition) is 5. The Bertz CT molecular complexity index is 831. The first-order valence-electron chi connectivity index (χ1n) is 6.60. The van der Waals surface area contributed by atoms with E-state index in [1.807, 2.05) is 18.2 Å². The van der Waals surface area contributed by atoms with Gasteiger partial charge in [-0.05, 0) is 48.1 Å². The Morgan fingerprint density at radius 3 is 2.82 bits per heavy atom. The number of aromatic amines is 1. The van der Waals surface area contributed by atoms with E-state index in [0.29, 0.717) is 11.7 Å². The molecule has 0 bridgehead atoms. The highest BCUT2D eigenvalue weighted by Crippen LogP contribution is 2.24. The van der Waals surface area contributed by atoms with Gasteiger partial charge in [-0.25, -0.2) is 4.98 Å². The predicted octanol–water partition coefficient (Wildman–Crippen LogP) is 2.46. The van der Waals surface area contributed by atoms with E-state index in [-0.39, 0.29) is 11.5 Å². The molecule has 22 heavy (non-hydrogen) atoms. The SMILES string of the molecule is Oc1ccc(CNC(=S)Nc2ccc3nc[nH]c3c2)cc1O. The summed E-state index contributed by atoms with van der Waals surface area (Å²) in [5.74, 6) is -0.291. The number of nitrogens with one attached hydrogen (secondary N) is 3. The number of rotatable bonds is 3. The van der Waals surface area contributed by atoms with Gasteiger partial charge in [-0.1, -0.05) is 6.07 Å². The average Bonchev–Trinajstić information content (AvgIpc) is 2.96. The summed E-state index contributed by atoms with van der Waals surface area (Å²) in [6.45, 7) is 0.436. The van der Waals surface area contributed by atoms with E-state index in [1.54, 1.807) is 12.4 Å². The number of nitrogens with zero attached hydrogens (tertiary/aromatic N) is 1. The third-order valence-electron chi connectivity index (χ3n) is 3.17. The third-order valence-corrected chi connectivity index (χ3v) is 3.42.